The van der Waals surface area contributed by atoms with Gasteiger partial charge in [-0.25, -0.2) is 4.39 Å². The zero-order valence-corrected chi connectivity index (χ0v) is 11.7. The molecule has 0 fully saturated rings. The van der Waals surface area contributed by atoms with Gasteiger partial charge < -0.3 is 4.74 Å². The minimum atomic E-state index is -0.324. The standard InChI is InChI=1S/C17H17FO2/c1-12-4-3-5-15(10-12)20-9-8-17(19)16-7-6-14(18)11-13(16)2/h3-7,10-11H,8-9H2,1-2H3. The number of halogens is 1. The Hall–Kier alpha value is -2.16. The van der Waals surface area contributed by atoms with Gasteiger partial charge in [-0.3, -0.25) is 4.79 Å². The molecule has 0 aliphatic heterocycles. The lowest BCUT2D eigenvalue weighted by atomic mass is 10.0. The Balaban J connectivity index is 1.92. The zero-order valence-electron chi connectivity index (χ0n) is 11.7. The van der Waals surface area contributed by atoms with E-state index in [1.807, 2.05) is 31.2 Å². The first-order chi connectivity index (χ1) is 9.56. The number of carbonyl (C=O) groups is 1. The van der Waals surface area contributed by atoms with Crippen LogP contribution in [0.4, 0.5) is 4.39 Å². The highest BCUT2D eigenvalue weighted by atomic mass is 19.1. The molecule has 0 amide bonds. The quantitative estimate of drug-likeness (QED) is 0.766. The van der Waals surface area contributed by atoms with Crippen molar-refractivity contribution in [2.24, 2.45) is 0 Å². The molecular weight excluding hydrogens is 255 g/mol. The summed E-state index contributed by atoms with van der Waals surface area (Å²) in [6.45, 7) is 4.04. The van der Waals surface area contributed by atoms with Gasteiger partial charge in [0.1, 0.15) is 11.6 Å². The normalized spacial score (nSPS) is 10.3. The van der Waals surface area contributed by atoms with E-state index in [0.29, 0.717) is 17.7 Å². The van der Waals surface area contributed by atoms with Crippen molar-refractivity contribution in [2.75, 3.05) is 6.61 Å². The fourth-order valence-electron chi connectivity index (χ4n) is 2.04. The van der Waals surface area contributed by atoms with Crippen LogP contribution >= 0.6 is 0 Å². The molecule has 0 saturated heterocycles. The van der Waals surface area contributed by atoms with Crippen LogP contribution in [0.15, 0.2) is 42.5 Å². The van der Waals surface area contributed by atoms with Crippen LogP contribution in [-0.2, 0) is 0 Å². The number of hydrogen-bond donors (Lipinski definition) is 0. The van der Waals surface area contributed by atoms with E-state index in [4.69, 9.17) is 4.74 Å². The molecule has 0 bridgehead atoms. The van der Waals surface area contributed by atoms with Gasteiger partial charge in [0.25, 0.3) is 0 Å². The number of benzene rings is 2. The van der Waals surface area contributed by atoms with Gasteiger partial charge in [-0.05, 0) is 55.3 Å². The molecule has 2 rings (SSSR count). The van der Waals surface area contributed by atoms with Crippen LogP contribution in [0.25, 0.3) is 0 Å². The molecule has 20 heavy (non-hydrogen) atoms. The molecule has 0 heterocycles. The first-order valence-corrected chi connectivity index (χ1v) is 6.55. The number of Topliss-reactive ketones (excluding diaryl/α,β-unsaturated/α-hetero) is 1. The van der Waals surface area contributed by atoms with E-state index in [-0.39, 0.29) is 18.0 Å². The van der Waals surface area contributed by atoms with E-state index in [1.54, 1.807) is 6.92 Å². The Morgan fingerprint density at radius 1 is 1.15 bits per heavy atom. The van der Waals surface area contributed by atoms with Gasteiger partial charge in [0, 0.05) is 12.0 Å². The van der Waals surface area contributed by atoms with Crippen molar-refractivity contribution in [3.05, 3.63) is 65.0 Å². The number of ketones is 1. The molecule has 0 aliphatic carbocycles. The SMILES string of the molecule is Cc1cccc(OCCC(=O)c2ccc(F)cc2C)c1. The van der Waals surface area contributed by atoms with Crippen LogP contribution in [0.1, 0.15) is 27.9 Å². The monoisotopic (exact) mass is 272 g/mol. The summed E-state index contributed by atoms with van der Waals surface area (Å²) in [7, 11) is 0. The number of ether oxygens (including phenoxy) is 1. The fraction of sp³-hybridized carbons (Fsp3) is 0.235. The van der Waals surface area contributed by atoms with E-state index >= 15 is 0 Å². The van der Waals surface area contributed by atoms with Crippen LogP contribution in [0.2, 0.25) is 0 Å². The lowest BCUT2D eigenvalue weighted by molar-refractivity contribution is 0.0961. The average Bonchev–Trinajstić information content (AvgIpc) is 2.38. The first kappa shape index (κ1) is 14.3. The minimum absolute atomic E-state index is 0.0323. The van der Waals surface area contributed by atoms with E-state index in [1.165, 1.54) is 18.2 Å². The summed E-state index contributed by atoms with van der Waals surface area (Å²) in [5.74, 6) is 0.402. The molecule has 0 unspecified atom stereocenters. The number of hydrogen-bond acceptors (Lipinski definition) is 2. The van der Waals surface area contributed by atoms with Crippen LogP contribution < -0.4 is 4.74 Å². The first-order valence-electron chi connectivity index (χ1n) is 6.55. The maximum Gasteiger partial charge on any atom is 0.166 e. The van der Waals surface area contributed by atoms with Crippen molar-refractivity contribution in [3.63, 3.8) is 0 Å². The Morgan fingerprint density at radius 3 is 2.65 bits per heavy atom. The minimum Gasteiger partial charge on any atom is -0.493 e. The molecule has 104 valence electrons. The van der Waals surface area contributed by atoms with Gasteiger partial charge >= 0.3 is 0 Å². The summed E-state index contributed by atoms with van der Waals surface area (Å²) in [4.78, 5) is 12.0. The Kier molecular flexibility index (Phi) is 4.51. The summed E-state index contributed by atoms with van der Waals surface area (Å²) in [5.41, 5.74) is 2.33. The Morgan fingerprint density at radius 2 is 1.95 bits per heavy atom. The number of aryl methyl sites for hydroxylation is 2. The molecule has 0 aliphatic rings. The van der Waals surface area contributed by atoms with Gasteiger partial charge in [-0.15, -0.1) is 0 Å². The van der Waals surface area contributed by atoms with Gasteiger partial charge in [-0.2, -0.15) is 0 Å². The molecule has 2 aromatic rings. The van der Waals surface area contributed by atoms with Gasteiger partial charge in [-0.1, -0.05) is 12.1 Å². The van der Waals surface area contributed by atoms with Crippen molar-refractivity contribution in [3.8, 4) is 5.75 Å². The van der Waals surface area contributed by atoms with Crippen molar-refractivity contribution < 1.29 is 13.9 Å². The summed E-state index contributed by atoms with van der Waals surface area (Å²) in [5, 5.41) is 0. The predicted octanol–water partition coefficient (Wildman–Crippen LogP) is 4.09. The lowest BCUT2D eigenvalue weighted by Gasteiger charge is -2.08. The summed E-state index contributed by atoms with van der Waals surface area (Å²) in [6.07, 6.45) is 0.278. The number of rotatable bonds is 5. The Bertz CT molecular complexity index is 620. The molecule has 0 saturated carbocycles. The predicted molar refractivity (Wildman–Crippen MR) is 76.8 cm³/mol. The second-order valence-corrected chi connectivity index (χ2v) is 4.80. The smallest absolute Gasteiger partial charge is 0.166 e. The van der Waals surface area contributed by atoms with Gasteiger partial charge in [0.15, 0.2) is 5.78 Å². The largest absolute Gasteiger partial charge is 0.493 e. The topological polar surface area (TPSA) is 26.3 Å². The lowest BCUT2D eigenvalue weighted by Crippen LogP contribution is -2.08. The van der Waals surface area contributed by atoms with E-state index in [0.717, 1.165) is 11.3 Å². The van der Waals surface area contributed by atoms with Crippen molar-refractivity contribution in [1.82, 2.24) is 0 Å². The highest BCUT2D eigenvalue weighted by molar-refractivity contribution is 5.97. The Labute approximate surface area is 118 Å². The molecule has 0 N–H and O–H groups in total. The second-order valence-electron chi connectivity index (χ2n) is 4.80. The van der Waals surface area contributed by atoms with Crippen LogP contribution in [0.5, 0.6) is 5.75 Å². The summed E-state index contributed by atoms with van der Waals surface area (Å²) in [6, 6.07) is 11.9. The highest BCUT2D eigenvalue weighted by Crippen LogP contribution is 2.15. The molecule has 0 aromatic heterocycles. The van der Waals surface area contributed by atoms with Crippen LogP contribution in [0.3, 0.4) is 0 Å². The zero-order chi connectivity index (χ0) is 14.5. The molecule has 0 atom stereocenters. The highest BCUT2D eigenvalue weighted by Gasteiger charge is 2.09. The summed E-state index contributed by atoms with van der Waals surface area (Å²) < 4.78 is 18.5. The second kappa shape index (κ2) is 6.33. The molecule has 0 radical (unpaired) electrons. The van der Waals surface area contributed by atoms with Crippen molar-refractivity contribution in [2.45, 2.75) is 20.3 Å². The third kappa shape index (κ3) is 3.67. The fourth-order valence-corrected chi connectivity index (χ4v) is 2.04. The third-order valence-electron chi connectivity index (χ3n) is 3.08. The van der Waals surface area contributed by atoms with Crippen LogP contribution in [0, 0.1) is 19.7 Å². The molecule has 2 nitrogen and oxygen atoms in total. The maximum absolute atomic E-state index is 13.0. The maximum atomic E-state index is 13.0. The third-order valence-corrected chi connectivity index (χ3v) is 3.08. The van der Waals surface area contributed by atoms with Gasteiger partial charge in [0.2, 0.25) is 0 Å². The van der Waals surface area contributed by atoms with Crippen LogP contribution in [-0.4, -0.2) is 12.4 Å². The van der Waals surface area contributed by atoms with E-state index in [9.17, 15) is 9.18 Å². The van der Waals surface area contributed by atoms with Crippen molar-refractivity contribution in [1.29, 1.82) is 0 Å². The molecular formula is C17H17FO2. The molecule has 3 heteroatoms. The average molecular weight is 272 g/mol. The van der Waals surface area contributed by atoms with Gasteiger partial charge in [0.05, 0.1) is 6.61 Å². The number of carbonyl (C=O) groups excluding carboxylic acids is 1. The molecule has 2 aromatic carbocycles. The summed E-state index contributed by atoms with van der Waals surface area (Å²) >= 11 is 0. The van der Waals surface area contributed by atoms with Crippen molar-refractivity contribution >= 4 is 5.78 Å². The molecule has 0 spiro atoms. The van der Waals surface area contributed by atoms with E-state index in [2.05, 4.69) is 0 Å². The van der Waals surface area contributed by atoms with E-state index < -0.39 is 0 Å².